The summed E-state index contributed by atoms with van der Waals surface area (Å²) in [6, 6.07) is 0. The first kappa shape index (κ1) is 59.0. The number of methoxy groups -OCH3 is 2. The minimum absolute atomic E-state index is 0. The first-order valence-electron chi connectivity index (χ1n) is 10.5. The second-order valence-corrected chi connectivity index (χ2v) is 9.26. The third-order valence-electron chi connectivity index (χ3n) is 4.11. The van der Waals surface area contributed by atoms with E-state index in [9.17, 15) is 71.1 Å². The van der Waals surface area contributed by atoms with E-state index in [1.165, 1.54) is 7.11 Å². The zero-order chi connectivity index (χ0) is 35.3. The van der Waals surface area contributed by atoms with Crippen LogP contribution in [-0.2, 0) is 28.7 Å². The number of alkyl halides is 15. The van der Waals surface area contributed by atoms with Gasteiger partial charge in [-0.1, -0.05) is 15.9 Å². The third-order valence-corrected chi connectivity index (χ3v) is 5.94. The SMILES string of the molecule is COC(=O)CS.COC(=O)CSCCCC(F)(C(F)(F)F)C(F)(F)F.FC(F)(F)C(F)(CCCBr)C(F)(F)F.O=CO[O-].[H-].[K+].[K+]. The van der Waals surface area contributed by atoms with E-state index in [1.807, 2.05) is 0 Å². The van der Waals surface area contributed by atoms with Crippen molar-refractivity contribution in [2.45, 2.75) is 61.7 Å². The quantitative estimate of drug-likeness (QED) is 0.0361. The largest absolute Gasteiger partial charge is 1.00 e. The molecule has 0 aromatic rings. The van der Waals surface area contributed by atoms with Gasteiger partial charge >= 0.3 is 139 Å². The maximum atomic E-state index is 13.1. The molecule has 7 nitrogen and oxygen atoms in total. The molecule has 0 amide bonds. The van der Waals surface area contributed by atoms with E-state index in [0.29, 0.717) is 0 Å². The third kappa shape index (κ3) is 25.4. The second kappa shape index (κ2) is 28.5. The number of rotatable bonds is 11. The van der Waals surface area contributed by atoms with Crippen LogP contribution in [0.5, 0.6) is 0 Å². The Balaban J connectivity index is -0.0000000990. The van der Waals surface area contributed by atoms with Crippen molar-refractivity contribution >= 4 is 58.7 Å². The molecule has 0 aliphatic carbocycles. The van der Waals surface area contributed by atoms with E-state index in [4.69, 9.17) is 10.1 Å². The van der Waals surface area contributed by atoms with Crippen LogP contribution in [0.2, 0.25) is 0 Å². The fourth-order valence-electron chi connectivity index (χ4n) is 1.90. The van der Waals surface area contributed by atoms with Crippen LogP contribution in [0.25, 0.3) is 0 Å². The molecule has 0 spiro atoms. The van der Waals surface area contributed by atoms with Crippen molar-refractivity contribution in [3.63, 3.8) is 0 Å². The van der Waals surface area contributed by atoms with Gasteiger partial charge < -0.3 is 21.0 Å². The predicted octanol–water partition coefficient (Wildman–Crippen LogP) is 0.145. The maximum absolute atomic E-state index is 13.1. The Morgan fingerprint density at radius 3 is 1.27 bits per heavy atom. The van der Waals surface area contributed by atoms with Crippen LogP contribution in [-0.4, -0.2) is 91.3 Å². The molecule has 0 fully saturated rings. The standard InChI is InChI=1S/C9H11F7O2S.C6H6BrF7.C3H6O2S.CH2O3.2K.H/c1-18-6(17)5-19-4-2-3-7(10,8(11,12)13)9(14,15)16;7-3-1-2-4(8,5(9,10)11)6(12,13)14;1-5-3(4)2-6;2-1-4-3;;;/h2-5H2,1H3;1-3H2;6H,2H2,1H3;1,3H;;;/q;;;;2*+1;-1/p-1. The van der Waals surface area contributed by atoms with Crippen LogP contribution in [0.15, 0.2) is 0 Å². The van der Waals surface area contributed by atoms with Crippen molar-refractivity contribution < 1.29 is 200 Å². The van der Waals surface area contributed by atoms with Crippen LogP contribution in [0.1, 0.15) is 27.1 Å². The number of hydrogen-bond donors (Lipinski definition) is 1. The van der Waals surface area contributed by atoms with Crippen LogP contribution in [0.4, 0.5) is 61.5 Å². The van der Waals surface area contributed by atoms with Gasteiger partial charge in [0.1, 0.15) is 0 Å². The average Bonchev–Trinajstić information content (AvgIpc) is 2.88. The Labute approximate surface area is 352 Å². The summed E-state index contributed by atoms with van der Waals surface area (Å²) in [4.78, 5) is 31.7. The van der Waals surface area contributed by atoms with E-state index in [1.54, 1.807) is 0 Å². The smallest absolute Gasteiger partial charge is 1.00 e. The number of esters is 2. The van der Waals surface area contributed by atoms with Crippen molar-refractivity contribution in [3.05, 3.63) is 0 Å². The molecule has 0 aliphatic heterocycles. The summed E-state index contributed by atoms with van der Waals surface area (Å²) in [6.45, 7) is -0.181. The summed E-state index contributed by atoms with van der Waals surface area (Å²) in [5.74, 6) is -1.22. The molecular weight excluding hydrogens is 828 g/mol. The number of hydrogen-bond acceptors (Lipinski definition) is 9. The van der Waals surface area contributed by atoms with Crippen LogP contribution in [0.3, 0.4) is 0 Å². The molecule has 0 aliphatic rings. The molecular formula is C19H25BrF14K2O7S2. The molecule has 0 bridgehead atoms. The summed E-state index contributed by atoms with van der Waals surface area (Å²) in [5.41, 5.74) is -10.3. The van der Waals surface area contributed by atoms with E-state index in [2.05, 4.69) is 42.9 Å². The van der Waals surface area contributed by atoms with Crippen LogP contribution < -0.4 is 108 Å². The molecule has 0 saturated heterocycles. The van der Waals surface area contributed by atoms with Gasteiger partial charge in [0, 0.05) is 18.2 Å². The van der Waals surface area contributed by atoms with Gasteiger partial charge in [0.05, 0.1) is 25.7 Å². The van der Waals surface area contributed by atoms with E-state index in [0.717, 1.165) is 18.9 Å². The van der Waals surface area contributed by atoms with Gasteiger partial charge in [0.25, 0.3) is 17.8 Å². The predicted molar refractivity (Wildman–Crippen MR) is 128 cm³/mol. The minimum atomic E-state index is -6.02. The Kier molecular flexibility index (Phi) is 37.4. The molecule has 0 aromatic carbocycles. The summed E-state index contributed by atoms with van der Waals surface area (Å²) in [6.07, 6.45) is -28.4. The van der Waals surface area contributed by atoms with Crippen molar-refractivity contribution in [1.82, 2.24) is 0 Å². The normalized spacial score (nSPS) is 11.7. The Bertz CT molecular complexity index is 764. The van der Waals surface area contributed by atoms with Gasteiger partial charge in [0.2, 0.25) is 0 Å². The van der Waals surface area contributed by atoms with Crippen LogP contribution >= 0.6 is 40.3 Å². The molecule has 45 heavy (non-hydrogen) atoms. The van der Waals surface area contributed by atoms with Crippen molar-refractivity contribution in [2.75, 3.05) is 36.8 Å². The van der Waals surface area contributed by atoms with Gasteiger partial charge in [-0.2, -0.15) is 77.1 Å². The number of halogens is 15. The first-order chi connectivity index (χ1) is 19.2. The van der Waals surface area contributed by atoms with Gasteiger partial charge in [-0.05, 0) is 18.6 Å². The van der Waals surface area contributed by atoms with E-state index in [-0.39, 0.29) is 139 Å². The zero-order valence-corrected chi connectivity index (χ0v) is 33.2. The number of carbonyl (C=O) groups is 3. The maximum Gasteiger partial charge on any atom is 1.00 e. The molecule has 0 unspecified atom stereocenters. The summed E-state index contributed by atoms with van der Waals surface area (Å²) >= 11 is 7.03. The molecule has 0 rings (SSSR count). The van der Waals surface area contributed by atoms with Gasteiger partial charge in [-0.25, -0.2) is 8.78 Å². The van der Waals surface area contributed by atoms with Gasteiger partial charge in [-0.15, -0.1) is 0 Å². The van der Waals surface area contributed by atoms with E-state index >= 15 is 0 Å². The molecule has 0 atom stereocenters. The van der Waals surface area contributed by atoms with Crippen molar-refractivity contribution in [3.8, 4) is 0 Å². The molecule has 0 aromatic heterocycles. The zero-order valence-electron chi connectivity index (χ0n) is 24.6. The fourth-order valence-corrected chi connectivity index (χ4v) is 3.08. The Hall–Kier alpha value is 1.84. The van der Waals surface area contributed by atoms with Crippen molar-refractivity contribution in [2.24, 2.45) is 0 Å². The molecule has 26 heteroatoms. The fraction of sp³-hybridized carbons (Fsp3) is 0.842. The summed E-state index contributed by atoms with van der Waals surface area (Å²) < 4.78 is 178. The number of thiol groups is 1. The minimum Gasteiger partial charge on any atom is -1.00 e. The number of ether oxygens (including phenoxy) is 2. The summed E-state index contributed by atoms with van der Waals surface area (Å²) in [5, 5.41) is 8.31. The molecule has 0 saturated carbocycles. The van der Waals surface area contributed by atoms with Crippen LogP contribution in [0, 0.1) is 0 Å². The summed E-state index contributed by atoms with van der Waals surface area (Å²) in [7, 11) is 2.42. The average molecular weight is 854 g/mol. The Morgan fingerprint density at radius 1 is 0.756 bits per heavy atom. The van der Waals surface area contributed by atoms with Gasteiger partial charge in [0.15, 0.2) is 0 Å². The molecule has 0 N–H and O–H groups in total. The molecule has 0 radical (unpaired) electrons. The van der Waals surface area contributed by atoms with E-state index < -0.39 is 67.7 Å². The first-order valence-corrected chi connectivity index (χ1v) is 13.4. The molecule has 0 heterocycles. The van der Waals surface area contributed by atoms with Crippen molar-refractivity contribution in [1.29, 1.82) is 0 Å². The van der Waals surface area contributed by atoms with Gasteiger partial charge in [-0.3, -0.25) is 14.4 Å². The number of thioether (sulfide) groups is 1. The second-order valence-electron chi connectivity index (χ2n) is 7.04. The number of carbonyl (C=O) groups excluding carboxylic acids is 3. The molecule has 262 valence electrons. The monoisotopic (exact) mass is 852 g/mol. The topological polar surface area (TPSA) is 102 Å². The Morgan fingerprint density at radius 2 is 1.07 bits per heavy atom.